The number of hydrogen-bond acceptors (Lipinski definition) is 9. The number of ether oxygens (including phenoxy) is 2. The topological polar surface area (TPSA) is 203 Å². The van der Waals surface area contributed by atoms with E-state index in [1.807, 2.05) is 6.92 Å². The van der Waals surface area contributed by atoms with Crippen molar-refractivity contribution >= 4 is 17.8 Å². The molecule has 15 atom stereocenters. The lowest BCUT2D eigenvalue weighted by Gasteiger charge is -2.62. The van der Waals surface area contributed by atoms with Crippen LogP contribution in [0.25, 0.3) is 0 Å². The van der Waals surface area contributed by atoms with Crippen molar-refractivity contribution in [3.8, 4) is 0 Å². The van der Waals surface area contributed by atoms with Gasteiger partial charge in [0.15, 0.2) is 12.4 Å². The second-order valence-electron chi connectivity index (χ2n) is 14.2. The molecule has 44 heavy (non-hydrogen) atoms. The SMILES string of the molecule is [2H]C1([2H])C[C@@]2(C)[C@H](C[C@@H](O)[C@@H]3[C@@H]2CC[C@]2(C)[C@@H]([C@H](C)CCC(=O)NCC(=O)O)CC[C@@H]32)C([2H])([2H])[C@]1([2H])O[C@@H]1O[C@H](C(=O)O)[C@@H](O)C(O)[C@H]1O. The summed E-state index contributed by atoms with van der Waals surface area (Å²) in [6.07, 6.45) is -16.7. The Kier molecular flexibility index (Phi) is 7.91. The lowest BCUT2D eigenvalue weighted by molar-refractivity contribution is -0.310. The highest BCUT2D eigenvalue weighted by atomic mass is 16.7. The Hall–Kier alpha value is -1.83. The average Bonchev–Trinajstić information content (AvgIpc) is 3.36. The molecule has 5 aliphatic rings. The van der Waals surface area contributed by atoms with Crippen LogP contribution in [0.4, 0.5) is 0 Å². The maximum absolute atomic E-state index is 12.2. The van der Waals surface area contributed by atoms with E-state index in [1.165, 1.54) is 0 Å². The molecule has 0 radical (unpaired) electrons. The Morgan fingerprint density at radius 3 is 2.41 bits per heavy atom. The number of aliphatic hydroxyl groups is 4. The first kappa shape index (κ1) is 27.3. The van der Waals surface area contributed by atoms with Crippen molar-refractivity contribution in [3.63, 3.8) is 0 Å². The Balaban J connectivity index is 1.37. The van der Waals surface area contributed by atoms with Crippen molar-refractivity contribution in [3.05, 3.63) is 0 Å². The highest BCUT2D eigenvalue weighted by Crippen LogP contribution is 2.68. The van der Waals surface area contributed by atoms with Crippen molar-refractivity contribution in [1.82, 2.24) is 5.32 Å². The van der Waals surface area contributed by atoms with Crippen LogP contribution in [0.15, 0.2) is 0 Å². The van der Waals surface area contributed by atoms with Gasteiger partial charge >= 0.3 is 11.9 Å². The summed E-state index contributed by atoms with van der Waals surface area (Å²) in [5.74, 6) is -4.36. The number of carbonyl (C=O) groups is 3. The maximum atomic E-state index is 12.2. The lowest BCUT2D eigenvalue weighted by Crippen LogP contribution is -2.61. The van der Waals surface area contributed by atoms with Crippen LogP contribution in [-0.4, -0.2) is 97.9 Å². The monoisotopic (exact) mass is 630 g/mol. The minimum atomic E-state index is -3.07. The van der Waals surface area contributed by atoms with E-state index in [1.54, 1.807) is 0 Å². The number of hydrogen-bond donors (Lipinski definition) is 7. The molecule has 0 spiro atoms. The quantitative estimate of drug-likeness (QED) is 0.182. The predicted octanol–water partition coefficient (Wildman–Crippen LogP) is 1.51. The van der Waals surface area contributed by atoms with Gasteiger partial charge in [0.2, 0.25) is 5.91 Å². The highest BCUT2D eigenvalue weighted by molar-refractivity contribution is 5.81. The molecule has 4 aliphatic carbocycles. The molecule has 7 N–H and O–H groups in total. The van der Waals surface area contributed by atoms with Crippen LogP contribution in [0.2, 0.25) is 0 Å². The molecule has 1 amide bonds. The second-order valence-corrected chi connectivity index (χ2v) is 14.2. The Bertz CT molecular complexity index is 1310. The number of aliphatic hydroxyl groups excluding tert-OH is 4. The molecule has 4 saturated carbocycles. The van der Waals surface area contributed by atoms with Crippen LogP contribution in [0.5, 0.6) is 0 Å². The van der Waals surface area contributed by atoms with Gasteiger partial charge in [0.1, 0.15) is 24.9 Å². The van der Waals surface area contributed by atoms with E-state index >= 15 is 0 Å². The first-order valence-corrected chi connectivity index (χ1v) is 15.8. The molecule has 1 heterocycles. The van der Waals surface area contributed by atoms with Crippen LogP contribution in [-0.2, 0) is 23.9 Å². The molecular formula is C32H51NO11. The summed E-state index contributed by atoms with van der Waals surface area (Å²) < 4.78 is 56.7. The first-order chi connectivity index (χ1) is 22.5. The van der Waals surface area contributed by atoms with Crippen molar-refractivity contribution < 1.29 is 61.4 Å². The zero-order valence-corrected chi connectivity index (χ0v) is 25.5. The van der Waals surface area contributed by atoms with Crippen LogP contribution >= 0.6 is 0 Å². The fourth-order valence-corrected chi connectivity index (χ4v) is 9.52. The van der Waals surface area contributed by atoms with Gasteiger partial charge in [-0.15, -0.1) is 0 Å². The summed E-state index contributed by atoms with van der Waals surface area (Å²) in [5, 5.41) is 63.5. The van der Waals surface area contributed by atoms with Gasteiger partial charge in [-0.1, -0.05) is 20.8 Å². The molecule has 1 saturated heterocycles. The fraction of sp³-hybridized carbons (Fsp3) is 0.906. The van der Waals surface area contributed by atoms with Gasteiger partial charge in [0.25, 0.3) is 0 Å². The van der Waals surface area contributed by atoms with E-state index in [9.17, 15) is 44.0 Å². The van der Waals surface area contributed by atoms with Gasteiger partial charge in [-0.2, -0.15) is 0 Å². The first-order valence-electron chi connectivity index (χ1n) is 18.3. The molecule has 250 valence electrons. The van der Waals surface area contributed by atoms with Gasteiger partial charge in [-0.3, -0.25) is 9.59 Å². The van der Waals surface area contributed by atoms with Gasteiger partial charge in [-0.25, -0.2) is 4.79 Å². The standard InChI is InChI=1S/C32H51NO11/c1-15(4-7-22(35)33-14-23(36)37)18-5-6-19-24-20(9-11-32(18,19)3)31(2)10-8-17(12-16(31)13-21(24)34)43-30-27(40)25(38)26(39)28(44-30)29(41)42/h15-21,24-28,30,34,38-40H,4-14H2,1-3H3,(H,33,35)(H,36,37)(H,41,42)/t15-,16+,17-,18-,19+,20+,21-,24+,25?,26+,27-,28+,30-,31+,32-/m1/s1/i8D2,12D2,17D. The van der Waals surface area contributed by atoms with E-state index in [0.717, 1.165) is 19.3 Å². The molecule has 1 aliphatic heterocycles. The summed E-state index contributed by atoms with van der Waals surface area (Å²) >= 11 is 0. The molecule has 12 heteroatoms. The lowest BCUT2D eigenvalue weighted by atomic mass is 9.43. The van der Waals surface area contributed by atoms with E-state index in [2.05, 4.69) is 19.2 Å². The summed E-state index contributed by atoms with van der Waals surface area (Å²) in [6.45, 7) is 5.68. The normalized spacial score (nSPS) is 53.2. The zero-order valence-electron chi connectivity index (χ0n) is 30.5. The number of nitrogens with one attached hydrogen (secondary N) is 1. The number of amides is 1. The summed E-state index contributed by atoms with van der Waals surface area (Å²) in [5.41, 5.74) is -1.22. The largest absolute Gasteiger partial charge is 0.480 e. The third-order valence-corrected chi connectivity index (χ3v) is 11.9. The number of carboxylic acids is 2. The van der Waals surface area contributed by atoms with Crippen molar-refractivity contribution in [2.75, 3.05) is 6.54 Å². The smallest absolute Gasteiger partial charge is 0.335 e. The number of rotatable bonds is 9. The molecule has 0 bridgehead atoms. The van der Waals surface area contributed by atoms with E-state index in [0.29, 0.717) is 12.8 Å². The molecule has 1 unspecified atom stereocenters. The Labute approximate surface area is 265 Å². The van der Waals surface area contributed by atoms with Gasteiger partial charge in [0, 0.05) is 11.9 Å². The van der Waals surface area contributed by atoms with Crippen molar-refractivity contribution in [1.29, 1.82) is 0 Å². The summed E-state index contributed by atoms with van der Waals surface area (Å²) in [7, 11) is 0. The van der Waals surface area contributed by atoms with Crippen LogP contribution in [0.1, 0.15) is 91.7 Å². The number of fused-ring (bicyclic) bond motifs is 5. The zero-order chi connectivity index (χ0) is 36.6. The average molecular weight is 631 g/mol. The van der Waals surface area contributed by atoms with Crippen LogP contribution < -0.4 is 5.32 Å². The highest BCUT2D eigenvalue weighted by Gasteiger charge is 2.63. The van der Waals surface area contributed by atoms with Gasteiger partial charge in [0.05, 0.1) is 13.6 Å². The molecule has 0 aromatic heterocycles. The Morgan fingerprint density at radius 1 is 1.02 bits per heavy atom. The van der Waals surface area contributed by atoms with Crippen molar-refractivity contribution in [2.45, 2.75) is 128 Å². The van der Waals surface area contributed by atoms with Gasteiger partial charge < -0.3 is 45.4 Å². The number of carbonyl (C=O) groups excluding carboxylic acids is 1. The number of carboxylic acid groups (broad SMARTS) is 2. The van der Waals surface area contributed by atoms with E-state index in [-0.39, 0.29) is 60.2 Å². The molecule has 5 fully saturated rings. The third-order valence-electron chi connectivity index (χ3n) is 11.9. The minimum Gasteiger partial charge on any atom is -0.480 e. The Morgan fingerprint density at radius 2 is 1.73 bits per heavy atom. The predicted molar refractivity (Wildman–Crippen MR) is 155 cm³/mol. The molecular weight excluding hydrogens is 574 g/mol. The molecule has 12 nitrogen and oxygen atoms in total. The molecule has 0 aromatic rings. The minimum absolute atomic E-state index is 0.0506. The summed E-state index contributed by atoms with van der Waals surface area (Å²) in [4.78, 5) is 34.7. The fourth-order valence-electron chi connectivity index (χ4n) is 9.52. The van der Waals surface area contributed by atoms with E-state index < -0.39 is 85.5 Å². The molecule has 0 aromatic carbocycles. The molecule has 5 rings (SSSR count). The van der Waals surface area contributed by atoms with E-state index in [4.69, 9.17) is 17.3 Å². The second kappa shape index (κ2) is 12.8. The maximum Gasteiger partial charge on any atom is 0.335 e. The third kappa shape index (κ3) is 6.02. The number of aliphatic carboxylic acids is 2. The van der Waals surface area contributed by atoms with Crippen LogP contribution in [0.3, 0.4) is 0 Å². The summed E-state index contributed by atoms with van der Waals surface area (Å²) in [6, 6.07) is 0. The van der Waals surface area contributed by atoms with Crippen molar-refractivity contribution in [2.24, 2.45) is 46.3 Å². The van der Waals surface area contributed by atoms with Gasteiger partial charge in [-0.05, 0) is 104 Å². The van der Waals surface area contributed by atoms with Crippen LogP contribution in [0, 0.1) is 46.3 Å².